The molecule has 0 aliphatic rings. The van der Waals surface area contributed by atoms with Crippen LogP contribution in [-0.2, 0) is 16.1 Å². The van der Waals surface area contributed by atoms with Crippen molar-refractivity contribution in [3.63, 3.8) is 0 Å². The van der Waals surface area contributed by atoms with Crippen LogP contribution in [0.2, 0.25) is 0 Å². The van der Waals surface area contributed by atoms with Crippen molar-refractivity contribution in [1.29, 1.82) is 0 Å². The number of amides is 1. The fraction of sp³-hybridized carbons (Fsp3) is 0.500. The average Bonchev–Trinajstić information content (AvgIpc) is 2.84. The minimum atomic E-state index is -1.02. The van der Waals surface area contributed by atoms with Gasteiger partial charge in [-0.25, -0.2) is 4.79 Å². The molecule has 0 fully saturated rings. The van der Waals surface area contributed by atoms with Crippen LogP contribution in [0.15, 0.2) is 16.7 Å². The van der Waals surface area contributed by atoms with E-state index in [2.05, 4.69) is 10.6 Å². The van der Waals surface area contributed by atoms with Crippen molar-refractivity contribution in [2.75, 3.05) is 26.8 Å². The van der Waals surface area contributed by atoms with Crippen LogP contribution in [0.1, 0.15) is 22.5 Å². The molecule has 106 valence electrons. The highest BCUT2D eigenvalue weighted by atomic mass is 16.5. The first-order valence-corrected chi connectivity index (χ1v) is 5.90. The van der Waals surface area contributed by atoms with Gasteiger partial charge < -0.3 is 24.9 Å². The van der Waals surface area contributed by atoms with Gasteiger partial charge >= 0.3 is 5.97 Å². The van der Waals surface area contributed by atoms with Gasteiger partial charge in [0.1, 0.15) is 12.0 Å². The van der Waals surface area contributed by atoms with Crippen LogP contribution < -0.4 is 10.6 Å². The van der Waals surface area contributed by atoms with E-state index in [0.29, 0.717) is 38.4 Å². The van der Waals surface area contributed by atoms with Crippen molar-refractivity contribution in [2.45, 2.75) is 13.0 Å². The molecular formula is C12H18N2O5. The van der Waals surface area contributed by atoms with Gasteiger partial charge in [0, 0.05) is 26.6 Å². The molecule has 0 saturated carbocycles. The summed E-state index contributed by atoms with van der Waals surface area (Å²) >= 11 is 0. The van der Waals surface area contributed by atoms with E-state index in [9.17, 15) is 9.59 Å². The van der Waals surface area contributed by atoms with Crippen LogP contribution in [-0.4, -0.2) is 43.8 Å². The Morgan fingerprint density at radius 3 is 2.84 bits per heavy atom. The third kappa shape index (κ3) is 6.03. The summed E-state index contributed by atoms with van der Waals surface area (Å²) in [6.07, 6.45) is 1.53. The predicted molar refractivity (Wildman–Crippen MR) is 66.9 cm³/mol. The molecule has 1 amide bonds. The zero-order chi connectivity index (χ0) is 14.1. The molecule has 1 aromatic heterocycles. The molecule has 0 unspecified atom stereocenters. The van der Waals surface area contributed by atoms with Gasteiger partial charge in [-0.1, -0.05) is 0 Å². The lowest BCUT2D eigenvalue weighted by atomic mass is 10.3. The Morgan fingerprint density at radius 1 is 1.42 bits per heavy atom. The number of methoxy groups -OCH3 is 1. The zero-order valence-electron chi connectivity index (χ0n) is 10.8. The summed E-state index contributed by atoms with van der Waals surface area (Å²) in [5.41, 5.74) is 0.120. The van der Waals surface area contributed by atoms with Crippen molar-refractivity contribution < 1.29 is 23.8 Å². The fourth-order valence-corrected chi connectivity index (χ4v) is 1.38. The SMILES string of the molecule is COCCNC(=O)CCNCc1cc(C(=O)O)co1. The van der Waals surface area contributed by atoms with Crippen LogP contribution in [0.5, 0.6) is 0 Å². The maximum Gasteiger partial charge on any atom is 0.338 e. The first-order chi connectivity index (χ1) is 9.13. The normalized spacial score (nSPS) is 10.4. The van der Waals surface area contributed by atoms with E-state index in [4.69, 9.17) is 14.3 Å². The van der Waals surface area contributed by atoms with Crippen LogP contribution in [0.3, 0.4) is 0 Å². The van der Waals surface area contributed by atoms with Gasteiger partial charge in [-0.05, 0) is 6.07 Å². The smallest absolute Gasteiger partial charge is 0.338 e. The third-order valence-electron chi connectivity index (χ3n) is 2.36. The maximum atomic E-state index is 11.3. The Kier molecular flexibility index (Phi) is 6.62. The number of hydrogen-bond donors (Lipinski definition) is 3. The highest BCUT2D eigenvalue weighted by molar-refractivity contribution is 5.87. The molecule has 1 heterocycles. The standard InChI is InChI=1S/C12H18N2O5/c1-18-5-4-14-11(15)2-3-13-7-10-6-9(8-19-10)12(16)17/h6,8,13H,2-5,7H2,1H3,(H,14,15)(H,16,17). The molecule has 1 aromatic rings. The van der Waals surface area contributed by atoms with E-state index in [1.54, 1.807) is 7.11 Å². The van der Waals surface area contributed by atoms with Crippen molar-refractivity contribution in [1.82, 2.24) is 10.6 Å². The van der Waals surface area contributed by atoms with Crippen LogP contribution in [0.4, 0.5) is 0 Å². The third-order valence-corrected chi connectivity index (χ3v) is 2.36. The fourth-order valence-electron chi connectivity index (χ4n) is 1.38. The number of ether oxygens (including phenoxy) is 1. The van der Waals surface area contributed by atoms with Crippen molar-refractivity contribution in [2.24, 2.45) is 0 Å². The van der Waals surface area contributed by atoms with Crippen molar-refractivity contribution >= 4 is 11.9 Å². The molecule has 1 rings (SSSR count). The lowest BCUT2D eigenvalue weighted by Crippen LogP contribution is -2.29. The molecule has 0 aliphatic carbocycles. The summed E-state index contributed by atoms with van der Waals surface area (Å²) in [4.78, 5) is 21.9. The molecule has 0 aromatic carbocycles. The maximum absolute atomic E-state index is 11.3. The van der Waals surface area contributed by atoms with E-state index in [-0.39, 0.29) is 11.5 Å². The number of nitrogens with one attached hydrogen (secondary N) is 2. The van der Waals surface area contributed by atoms with Crippen molar-refractivity contribution in [3.8, 4) is 0 Å². The summed E-state index contributed by atoms with van der Waals surface area (Å²) in [6.45, 7) is 1.86. The molecule has 7 heteroatoms. The predicted octanol–water partition coefficient (Wildman–Crippen LogP) is 0.220. The molecule has 3 N–H and O–H groups in total. The lowest BCUT2D eigenvalue weighted by Gasteiger charge is -2.04. The van der Waals surface area contributed by atoms with Gasteiger partial charge in [0.05, 0.1) is 18.7 Å². The molecular weight excluding hydrogens is 252 g/mol. The van der Waals surface area contributed by atoms with Gasteiger partial charge in [-0.15, -0.1) is 0 Å². The molecule has 0 saturated heterocycles. The first kappa shape index (κ1) is 15.2. The van der Waals surface area contributed by atoms with Gasteiger partial charge in [-0.3, -0.25) is 4.79 Å². The molecule has 0 bridgehead atoms. The second-order valence-corrected chi connectivity index (χ2v) is 3.88. The molecule has 0 atom stereocenters. The van der Waals surface area contributed by atoms with E-state index < -0.39 is 5.97 Å². The Morgan fingerprint density at radius 2 is 2.21 bits per heavy atom. The summed E-state index contributed by atoms with van der Waals surface area (Å²) in [6, 6.07) is 1.45. The quantitative estimate of drug-likeness (QED) is 0.555. The number of rotatable bonds is 9. The minimum absolute atomic E-state index is 0.0600. The van der Waals surface area contributed by atoms with Crippen LogP contribution in [0, 0.1) is 0 Å². The van der Waals surface area contributed by atoms with Crippen LogP contribution in [0.25, 0.3) is 0 Å². The monoisotopic (exact) mass is 270 g/mol. The topological polar surface area (TPSA) is 101 Å². The Labute approximate surface area is 110 Å². The van der Waals surface area contributed by atoms with Crippen molar-refractivity contribution in [3.05, 3.63) is 23.7 Å². The Bertz CT molecular complexity index is 416. The van der Waals surface area contributed by atoms with E-state index in [0.717, 1.165) is 0 Å². The lowest BCUT2D eigenvalue weighted by molar-refractivity contribution is -0.121. The molecule has 0 radical (unpaired) electrons. The molecule has 19 heavy (non-hydrogen) atoms. The van der Waals surface area contributed by atoms with Crippen LogP contribution >= 0.6 is 0 Å². The summed E-state index contributed by atoms with van der Waals surface area (Å²) in [5.74, 6) is -0.556. The summed E-state index contributed by atoms with van der Waals surface area (Å²) in [7, 11) is 1.57. The van der Waals surface area contributed by atoms with E-state index in [1.807, 2.05) is 0 Å². The molecule has 7 nitrogen and oxygen atoms in total. The number of aromatic carboxylic acids is 1. The number of carboxylic acid groups (broad SMARTS) is 1. The number of furan rings is 1. The van der Waals surface area contributed by atoms with E-state index >= 15 is 0 Å². The average molecular weight is 270 g/mol. The number of carbonyl (C=O) groups is 2. The Balaban J connectivity index is 2.13. The second kappa shape index (κ2) is 8.28. The first-order valence-electron chi connectivity index (χ1n) is 5.90. The minimum Gasteiger partial charge on any atom is -0.478 e. The second-order valence-electron chi connectivity index (χ2n) is 3.88. The zero-order valence-corrected chi connectivity index (χ0v) is 10.8. The van der Waals surface area contributed by atoms with E-state index in [1.165, 1.54) is 12.3 Å². The number of hydrogen-bond acceptors (Lipinski definition) is 5. The molecule has 0 aliphatic heterocycles. The molecule has 0 spiro atoms. The Hall–Kier alpha value is -1.86. The summed E-state index contributed by atoms with van der Waals surface area (Å²) < 4.78 is 9.86. The highest BCUT2D eigenvalue weighted by Crippen LogP contribution is 2.07. The highest BCUT2D eigenvalue weighted by Gasteiger charge is 2.07. The number of carboxylic acids is 1. The number of carbonyl (C=O) groups excluding carboxylic acids is 1. The van der Waals surface area contributed by atoms with Gasteiger partial charge in [0.2, 0.25) is 5.91 Å². The largest absolute Gasteiger partial charge is 0.478 e. The van der Waals surface area contributed by atoms with Gasteiger partial charge in [-0.2, -0.15) is 0 Å². The summed E-state index contributed by atoms with van der Waals surface area (Å²) in [5, 5.41) is 14.4. The van der Waals surface area contributed by atoms with Gasteiger partial charge in [0.25, 0.3) is 0 Å². The van der Waals surface area contributed by atoms with Gasteiger partial charge in [0.15, 0.2) is 0 Å².